The van der Waals surface area contributed by atoms with Crippen molar-refractivity contribution in [3.63, 3.8) is 0 Å². The summed E-state index contributed by atoms with van der Waals surface area (Å²) >= 11 is 5.98. The fraction of sp³-hybridized carbons (Fsp3) is 0. The standard InChI is InChI=1S/C12H7ClFN3O/c13-7-2-1-3-8(14)10(7)11-16-6-9-12(18)15-4-5-17(9)11/h1-6H,(H,15,18). The van der Waals surface area contributed by atoms with E-state index >= 15 is 0 Å². The Bertz CT molecular complexity index is 773. The van der Waals surface area contributed by atoms with E-state index in [1.807, 2.05) is 0 Å². The van der Waals surface area contributed by atoms with Crippen molar-refractivity contribution in [3.05, 3.63) is 58.0 Å². The number of imidazole rings is 1. The van der Waals surface area contributed by atoms with E-state index < -0.39 is 5.82 Å². The molecule has 0 aliphatic heterocycles. The molecule has 0 fully saturated rings. The first-order valence-corrected chi connectivity index (χ1v) is 5.55. The molecule has 1 aromatic carbocycles. The Morgan fingerprint density at radius 3 is 3.00 bits per heavy atom. The number of nitrogens with one attached hydrogen (secondary N) is 1. The Kier molecular flexibility index (Phi) is 2.41. The molecule has 0 spiro atoms. The van der Waals surface area contributed by atoms with Crippen molar-refractivity contribution in [2.45, 2.75) is 0 Å². The highest BCUT2D eigenvalue weighted by molar-refractivity contribution is 6.33. The van der Waals surface area contributed by atoms with Crippen LogP contribution in [0, 0.1) is 5.82 Å². The topological polar surface area (TPSA) is 50.2 Å². The lowest BCUT2D eigenvalue weighted by molar-refractivity contribution is 0.630. The lowest BCUT2D eigenvalue weighted by Crippen LogP contribution is -2.07. The molecule has 0 aliphatic carbocycles. The third-order valence-corrected chi connectivity index (χ3v) is 2.97. The maximum absolute atomic E-state index is 13.8. The minimum Gasteiger partial charge on any atom is -0.326 e. The number of H-pyrrole nitrogens is 1. The number of aromatic nitrogens is 3. The van der Waals surface area contributed by atoms with Gasteiger partial charge in [0, 0.05) is 12.4 Å². The van der Waals surface area contributed by atoms with Crippen LogP contribution in [0.2, 0.25) is 5.02 Å². The Labute approximate surface area is 106 Å². The normalized spacial score (nSPS) is 11.0. The van der Waals surface area contributed by atoms with Crippen LogP contribution in [-0.2, 0) is 0 Å². The number of benzene rings is 1. The summed E-state index contributed by atoms with van der Waals surface area (Å²) in [5, 5.41) is 0.253. The van der Waals surface area contributed by atoms with Crippen molar-refractivity contribution >= 4 is 17.1 Å². The van der Waals surface area contributed by atoms with Gasteiger partial charge in [0.05, 0.1) is 16.8 Å². The lowest BCUT2D eigenvalue weighted by atomic mass is 10.2. The van der Waals surface area contributed by atoms with E-state index in [0.29, 0.717) is 11.3 Å². The molecular weight excluding hydrogens is 257 g/mol. The molecule has 0 atom stereocenters. The van der Waals surface area contributed by atoms with Crippen LogP contribution in [0.4, 0.5) is 4.39 Å². The van der Waals surface area contributed by atoms with Crippen LogP contribution in [0.25, 0.3) is 16.9 Å². The smallest absolute Gasteiger partial charge is 0.273 e. The van der Waals surface area contributed by atoms with E-state index in [1.165, 1.54) is 28.9 Å². The summed E-state index contributed by atoms with van der Waals surface area (Å²) in [5.74, 6) is -0.172. The highest BCUT2D eigenvalue weighted by Crippen LogP contribution is 2.29. The monoisotopic (exact) mass is 263 g/mol. The van der Waals surface area contributed by atoms with Gasteiger partial charge in [-0.25, -0.2) is 9.37 Å². The SMILES string of the molecule is O=c1[nH]ccn2c(-c3c(F)cccc3Cl)ncc12. The molecule has 1 N–H and O–H groups in total. The van der Waals surface area contributed by atoms with E-state index in [4.69, 9.17) is 11.6 Å². The molecule has 3 aromatic rings. The minimum atomic E-state index is -0.477. The Morgan fingerprint density at radius 2 is 2.22 bits per heavy atom. The van der Waals surface area contributed by atoms with E-state index in [-0.39, 0.29) is 16.1 Å². The van der Waals surface area contributed by atoms with Gasteiger partial charge < -0.3 is 4.98 Å². The quantitative estimate of drug-likeness (QED) is 0.733. The molecular formula is C12H7ClFN3O. The van der Waals surface area contributed by atoms with Crippen LogP contribution >= 0.6 is 11.6 Å². The molecule has 6 heteroatoms. The molecule has 2 heterocycles. The summed E-state index contributed by atoms with van der Waals surface area (Å²) in [6.07, 6.45) is 4.45. The van der Waals surface area contributed by atoms with Crippen LogP contribution in [-0.4, -0.2) is 14.4 Å². The number of fused-ring (bicyclic) bond motifs is 1. The first-order chi connectivity index (χ1) is 8.68. The Morgan fingerprint density at radius 1 is 1.39 bits per heavy atom. The van der Waals surface area contributed by atoms with Crippen LogP contribution in [0.1, 0.15) is 0 Å². The van der Waals surface area contributed by atoms with Crippen molar-refractivity contribution in [3.8, 4) is 11.4 Å². The van der Waals surface area contributed by atoms with Crippen molar-refractivity contribution in [2.75, 3.05) is 0 Å². The fourth-order valence-corrected chi connectivity index (χ4v) is 2.09. The largest absolute Gasteiger partial charge is 0.326 e. The summed E-state index contributed by atoms with van der Waals surface area (Å²) in [6, 6.07) is 4.40. The average molecular weight is 264 g/mol. The zero-order chi connectivity index (χ0) is 12.7. The van der Waals surface area contributed by atoms with Gasteiger partial charge in [-0.15, -0.1) is 0 Å². The highest BCUT2D eigenvalue weighted by Gasteiger charge is 2.15. The van der Waals surface area contributed by atoms with E-state index in [1.54, 1.807) is 12.3 Å². The van der Waals surface area contributed by atoms with Gasteiger partial charge in [-0.05, 0) is 12.1 Å². The van der Waals surface area contributed by atoms with Gasteiger partial charge in [0.25, 0.3) is 5.56 Å². The van der Waals surface area contributed by atoms with Gasteiger partial charge in [0.15, 0.2) is 0 Å². The Hall–Kier alpha value is -2.14. The van der Waals surface area contributed by atoms with E-state index in [0.717, 1.165) is 0 Å². The van der Waals surface area contributed by atoms with Gasteiger partial charge in [0.2, 0.25) is 0 Å². The Balaban J connectivity index is 2.40. The van der Waals surface area contributed by atoms with Gasteiger partial charge in [-0.3, -0.25) is 9.20 Å². The molecule has 4 nitrogen and oxygen atoms in total. The van der Waals surface area contributed by atoms with Crippen molar-refractivity contribution in [1.82, 2.24) is 14.4 Å². The average Bonchev–Trinajstić information content (AvgIpc) is 2.75. The number of aromatic amines is 1. The second kappa shape index (κ2) is 3.96. The van der Waals surface area contributed by atoms with Crippen LogP contribution < -0.4 is 5.56 Å². The molecule has 0 unspecified atom stereocenters. The van der Waals surface area contributed by atoms with Gasteiger partial charge in [-0.1, -0.05) is 17.7 Å². The predicted octanol–water partition coefficient (Wildman–Crippen LogP) is 2.48. The molecule has 18 heavy (non-hydrogen) atoms. The molecule has 0 saturated heterocycles. The number of hydrogen-bond donors (Lipinski definition) is 1. The second-order valence-electron chi connectivity index (χ2n) is 3.72. The summed E-state index contributed by atoms with van der Waals surface area (Å²) in [4.78, 5) is 18.1. The fourth-order valence-electron chi connectivity index (χ4n) is 1.84. The van der Waals surface area contributed by atoms with Crippen molar-refractivity contribution < 1.29 is 4.39 Å². The van der Waals surface area contributed by atoms with Crippen molar-refractivity contribution in [1.29, 1.82) is 0 Å². The third kappa shape index (κ3) is 1.52. The number of halogens is 2. The van der Waals surface area contributed by atoms with E-state index in [2.05, 4.69) is 9.97 Å². The zero-order valence-electron chi connectivity index (χ0n) is 9.02. The summed E-state index contributed by atoms with van der Waals surface area (Å²) in [6.45, 7) is 0. The number of nitrogens with zero attached hydrogens (tertiary/aromatic N) is 2. The molecule has 0 radical (unpaired) electrons. The summed E-state index contributed by atoms with van der Waals surface area (Å²) < 4.78 is 15.3. The van der Waals surface area contributed by atoms with Crippen LogP contribution in [0.15, 0.2) is 41.6 Å². The molecule has 2 aromatic heterocycles. The van der Waals surface area contributed by atoms with Crippen LogP contribution in [0.5, 0.6) is 0 Å². The second-order valence-corrected chi connectivity index (χ2v) is 4.13. The predicted molar refractivity (Wildman–Crippen MR) is 66.2 cm³/mol. The molecule has 0 amide bonds. The van der Waals surface area contributed by atoms with Gasteiger partial charge in [-0.2, -0.15) is 0 Å². The van der Waals surface area contributed by atoms with Gasteiger partial charge >= 0.3 is 0 Å². The van der Waals surface area contributed by atoms with Crippen LogP contribution in [0.3, 0.4) is 0 Å². The first-order valence-electron chi connectivity index (χ1n) is 5.17. The van der Waals surface area contributed by atoms with Crippen molar-refractivity contribution in [2.24, 2.45) is 0 Å². The van der Waals surface area contributed by atoms with E-state index in [9.17, 15) is 9.18 Å². The minimum absolute atomic E-state index is 0.185. The molecule has 0 saturated carbocycles. The number of rotatable bonds is 1. The summed E-state index contributed by atoms with van der Waals surface area (Å²) in [7, 11) is 0. The first kappa shape index (κ1) is 11.0. The third-order valence-electron chi connectivity index (χ3n) is 2.65. The summed E-state index contributed by atoms with van der Waals surface area (Å²) in [5.41, 5.74) is 0.236. The lowest BCUT2D eigenvalue weighted by Gasteiger charge is -2.04. The maximum Gasteiger partial charge on any atom is 0.273 e. The molecule has 0 aliphatic rings. The zero-order valence-corrected chi connectivity index (χ0v) is 9.78. The maximum atomic E-state index is 13.8. The molecule has 3 rings (SSSR count). The molecule has 90 valence electrons. The highest BCUT2D eigenvalue weighted by atomic mass is 35.5. The number of hydrogen-bond acceptors (Lipinski definition) is 2. The van der Waals surface area contributed by atoms with Gasteiger partial charge in [0.1, 0.15) is 17.2 Å². The molecule has 0 bridgehead atoms.